The first kappa shape index (κ1) is 20.6. The number of carboxylic acids is 1. The quantitative estimate of drug-likeness (QED) is 0.744. The lowest BCUT2D eigenvalue weighted by Gasteiger charge is -2.32. The molecule has 0 radical (unpaired) electrons. The predicted octanol–water partition coefficient (Wildman–Crippen LogP) is 2.71. The van der Waals surface area contributed by atoms with Crippen molar-refractivity contribution in [1.29, 1.82) is 0 Å². The third-order valence-corrected chi connectivity index (χ3v) is 2.88. The number of carbonyl (C=O) groups is 2. The fraction of sp³-hybridized carbons (Fsp3) is 0.867. The summed E-state index contributed by atoms with van der Waals surface area (Å²) in [5, 5.41) is 8.80. The summed E-state index contributed by atoms with van der Waals surface area (Å²) in [7, 11) is 1.57. The Kier molecular flexibility index (Phi) is 8.37. The molecule has 0 unspecified atom stereocenters. The van der Waals surface area contributed by atoms with E-state index in [0.717, 1.165) is 0 Å². The smallest absolute Gasteiger partial charge is 0.410 e. The maximum atomic E-state index is 12.6. The van der Waals surface area contributed by atoms with Crippen molar-refractivity contribution in [3.8, 4) is 0 Å². The summed E-state index contributed by atoms with van der Waals surface area (Å²) in [6, 6.07) is -0.386. The van der Waals surface area contributed by atoms with Gasteiger partial charge in [-0.15, -0.1) is 0 Å². The lowest BCUT2D eigenvalue weighted by Crippen LogP contribution is -2.45. The van der Waals surface area contributed by atoms with Gasteiger partial charge in [-0.3, -0.25) is 0 Å². The van der Waals surface area contributed by atoms with E-state index in [2.05, 4.69) is 0 Å². The fourth-order valence-corrected chi connectivity index (χ4v) is 1.77. The first-order chi connectivity index (χ1) is 9.97. The number of hydrogen-bond acceptors (Lipinski definition) is 4. The fourth-order valence-electron chi connectivity index (χ4n) is 1.77. The number of hydrogen-bond donors (Lipinski definition) is 1. The van der Waals surface area contributed by atoms with Crippen LogP contribution in [-0.4, -0.2) is 60.1 Å². The summed E-state index contributed by atoms with van der Waals surface area (Å²) in [6.07, 6.45) is -1.44. The maximum absolute atomic E-state index is 12.6. The average molecular weight is 321 g/mol. The van der Waals surface area contributed by atoms with Crippen LogP contribution >= 0.6 is 0 Å². The summed E-state index contributed by atoms with van der Waals surface area (Å²) >= 11 is 0. The highest BCUT2D eigenvalue weighted by molar-refractivity contribution is 5.72. The van der Waals surface area contributed by atoms with Crippen LogP contribution in [0.25, 0.3) is 0 Å². The van der Waals surface area contributed by atoms with E-state index in [1.54, 1.807) is 27.8 Å². The number of ether oxygens (including phenoxy) is 2. The van der Waals surface area contributed by atoms with E-state index in [0.29, 0.717) is 6.42 Å². The first-order valence-corrected chi connectivity index (χ1v) is 7.34. The first-order valence-electron chi connectivity index (χ1n) is 7.34. The monoisotopic (exact) mass is 321 g/mol. The zero-order valence-electron chi connectivity index (χ0n) is 14.3. The average Bonchev–Trinajstić information content (AvgIpc) is 2.34. The number of carbonyl (C=O) groups excluding carboxylic acids is 1. The van der Waals surface area contributed by atoms with Gasteiger partial charge in [0.2, 0.25) is 0 Å². The molecule has 0 saturated carbocycles. The summed E-state index contributed by atoms with van der Waals surface area (Å²) < 4.78 is 23.0. The van der Waals surface area contributed by atoms with Crippen molar-refractivity contribution in [2.24, 2.45) is 5.92 Å². The molecule has 0 rings (SSSR count). The number of alkyl halides is 1. The van der Waals surface area contributed by atoms with E-state index in [1.807, 2.05) is 13.8 Å². The van der Waals surface area contributed by atoms with E-state index in [9.17, 15) is 14.0 Å². The molecule has 7 heteroatoms. The molecular formula is C15H28FNO5. The number of rotatable bonds is 8. The Morgan fingerprint density at radius 1 is 1.27 bits per heavy atom. The van der Waals surface area contributed by atoms with Gasteiger partial charge in [0.1, 0.15) is 12.3 Å². The molecule has 130 valence electrons. The van der Waals surface area contributed by atoms with Crippen molar-refractivity contribution in [2.45, 2.75) is 58.8 Å². The molecule has 0 bridgehead atoms. The van der Waals surface area contributed by atoms with Crippen LogP contribution in [0.5, 0.6) is 0 Å². The van der Waals surface area contributed by atoms with Gasteiger partial charge < -0.3 is 19.5 Å². The second-order valence-electron chi connectivity index (χ2n) is 6.69. The molecule has 1 N–H and O–H groups in total. The minimum absolute atomic E-state index is 0.0607. The zero-order chi connectivity index (χ0) is 17.5. The van der Waals surface area contributed by atoms with Crippen LogP contribution in [0.2, 0.25) is 0 Å². The van der Waals surface area contributed by atoms with Crippen molar-refractivity contribution in [3.05, 3.63) is 0 Å². The van der Waals surface area contributed by atoms with Gasteiger partial charge in [-0.25, -0.2) is 14.0 Å². The summed E-state index contributed by atoms with van der Waals surface area (Å²) in [6.45, 7) is 8.05. The van der Waals surface area contributed by atoms with Crippen LogP contribution in [0.4, 0.5) is 9.18 Å². The maximum Gasteiger partial charge on any atom is 0.410 e. The van der Waals surface area contributed by atoms with Crippen LogP contribution < -0.4 is 0 Å². The van der Waals surface area contributed by atoms with E-state index < -0.39 is 30.4 Å². The summed E-state index contributed by atoms with van der Waals surface area (Å²) in [5.41, 5.74) is -0.628. The molecule has 0 fully saturated rings. The number of nitrogens with zero attached hydrogens (tertiary/aromatic N) is 1. The lowest BCUT2D eigenvalue weighted by atomic mass is 10.0. The Balaban J connectivity index is 4.81. The molecule has 22 heavy (non-hydrogen) atoms. The highest BCUT2D eigenvalue weighted by Gasteiger charge is 2.28. The van der Waals surface area contributed by atoms with Crippen LogP contribution in [0.15, 0.2) is 0 Å². The minimum Gasteiger partial charge on any atom is -0.479 e. The van der Waals surface area contributed by atoms with Gasteiger partial charge >= 0.3 is 12.1 Å². The topological polar surface area (TPSA) is 76.1 Å². The largest absolute Gasteiger partial charge is 0.479 e. The highest BCUT2D eigenvalue weighted by Crippen LogP contribution is 2.16. The standard InChI is InChI=1S/C15H28FNO5/c1-10(2)7-11(9-21-12(8-16)13(18)19)17(6)14(20)22-15(3,4)5/h10-12H,7-9H2,1-6H3,(H,18,19)/t11-,12+/m0/s1. The Hall–Kier alpha value is -1.37. The molecule has 0 spiro atoms. The molecular weight excluding hydrogens is 293 g/mol. The van der Waals surface area contributed by atoms with Gasteiger partial charge in [0.25, 0.3) is 0 Å². The van der Waals surface area contributed by atoms with Gasteiger partial charge in [0.05, 0.1) is 12.6 Å². The zero-order valence-corrected chi connectivity index (χ0v) is 14.3. The highest BCUT2D eigenvalue weighted by atomic mass is 19.1. The second kappa shape index (κ2) is 8.92. The van der Waals surface area contributed by atoms with Gasteiger partial charge in [-0.05, 0) is 33.1 Å². The normalized spacial score (nSPS) is 14.5. The number of aliphatic carboxylic acids is 1. The van der Waals surface area contributed by atoms with Crippen molar-refractivity contribution in [1.82, 2.24) is 4.90 Å². The van der Waals surface area contributed by atoms with Crippen molar-refractivity contribution < 1.29 is 28.6 Å². The Bertz CT molecular complexity index is 367. The summed E-state index contributed by atoms with van der Waals surface area (Å²) in [4.78, 5) is 24.3. The van der Waals surface area contributed by atoms with Crippen LogP contribution in [0, 0.1) is 5.92 Å². The predicted molar refractivity (Wildman–Crippen MR) is 80.6 cm³/mol. The van der Waals surface area contributed by atoms with Crippen LogP contribution in [0.3, 0.4) is 0 Å². The van der Waals surface area contributed by atoms with Crippen molar-refractivity contribution in [2.75, 3.05) is 20.3 Å². The van der Waals surface area contributed by atoms with Gasteiger partial charge in [-0.2, -0.15) is 0 Å². The molecule has 0 saturated heterocycles. The number of carboxylic acid groups (broad SMARTS) is 1. The molecule has 0 heterocycles. The van der Waals surface area contributed by atoms with Crippen LogP contribution in [-0.2, 0) is 14.3 Å². The van der Waals surface area contributed by atoms with E-state index in [1.165, 1.54) is 4.90 Å². The third kappa shape index (κ3) is 8.17. The Labute approximate surface area is 131 Å². The molecule has 1 amide bonds. The Morgan fingerprint density at radius 3 is 2.18 bits per heavy atom. The molecule has 2 atom stereocenters. The number of amides is 1. The van der Waals surface area contributed by atoms with Gasteiger partial charge in [0.15, 0.2) is 6.10 Å². The van der Waals surface area contributed by atoms with Gasteiger partial charge in [-0.1, -0.05) is 13.8 Å². The molecule has 0 aliphatic heterocycles. The van der Waals surface area contributed by atoms with Crippen molar-refractivity contribution >= 4 is 12.1 Å². The lowest BCUT2D eigenvalue weighted by molar-refractivity contribution is -0.152. The third-order valence-electron chi connectivity index (χ3n) is 2.88. The second-order valence-corrected chi connectivity index (χ2v) is 6.69. The van der Waals surface area contributed by atoms with Crippen molar-refractivity contribution in [3.63, 3.8) is 0 Å². The van der Waals surface area contributed by atoms with E-state index in [4.69, 9.17) is 14.6 Å². The number of likely N-dealkylation sites (N-methyl/N-ethyl adjacent to an activating group) is 1. The van der Waals surface area contributed by atoms with Crippen LogP contribution in [0.1, 0.15) is 41.0 Å². The van der Waals surface area contributed by atoms with E-state index >= 15 is 0 Å². The molecule has 0 aromatic heterocycles. The minimum atomic E-state index is -1.51. The Morgan fingerprint density at radius 2 is 1.82 bits per heavy atom. The van der Waals surface area contributed by atoms with Gasteiger partial charge in [0, 0.05) is 7.05 Å². The number of halogens is 1. The SMILES string of the molecule is CC(C)C[C@@H](CO[C@H](CF)C(=O)O)N(C)C(=O)OC(C)(C)C. The molecule has 0 aliphatic carbocycles. The molecule has 0 aliphatic rings. The summed E-state index contributed by atoms with van der Waals surface area (Å²) in [5.74, 6) is -1.10. The molecule has 6 nitrogen and oxygen atoms in total. The molecule has 0 aromatic carbocycles. The van der Waals surface area contributed by atoms with E-state index in [-0.39, 0.29) is 18.6 Å². The molecule has 0 aromatic rings.